The van der Waals surface area contributed by atoms with Crippen molar-refractivity contribution in [1.82, 2.24) is 10.2 Å². The molecule has 0 aromatic heterocycles. The van der Waals surface area contributed by atoms with Gasteiger partial charge in [0.15, 0.2) is 0 Å². The summed E-state index contributed by atoms with van der Waals surface area (Å²) in [7, 11) is 1.82. The number of rotatable bonds is 5. The largest absolute Gasteiger partial charge is 0.444 e. The molecule has 0 aliphatic heterocycles. The standard InChI is InChI=1S/C18H36N2O2/c1-13(12-20(7)17(21)22-18(4,5)6)11-19-16-14(2)9-8-10-15(16)3/h13-16,19H,8-12H2,1-7H3. The topological polar surface area (TPSA) is 41.6 Å². The van der Waals surface area contributed by atoms with Gasteiger partial charge in [-0.2, -0.15) is 0 Å². The molecule has 1 rings (SSSR count). The first-order valence-electron chi connectivity index (χ1n) is 8.77. The molecule has 0 saturated heterocycles. The maximum atomic E-state index is 12.0. The van der Waals surface area contributed by atoms with Gasteiger partial charge in [-0.25, -0.2) is 4.79 Å². The van der Waals surface area contributed by atoms with E-state index in [1.165, 1.54) is 19.3 Å². The van der Waals surface area contributed by atoms with Crippen LogP contribution in [0.25, 0.3) is 0 Å². The predicted octanol–water partition coefficient (Wildman–Crippen LogP) is 3.90. The van der Waals surface area contributed by atoms with Crippen LogP contribution in [0.5, 0.6) is 0 Å². The summed E-state index contributed by atoms with van der Waals surface area (Å²) in [6.07, 6.45) is 3.78. The van der Waals surface area contributed by atoms with Crippen LogP contribution >= 0.6 is 0 Å². The third kappa shape index (κ3) is 6.55. The Morgan fingerprint density at radius 2 is 1.82 bits per heavy atom. The lowest BCUT2D eigenvalue weighted by Crippen LogP contribution is -2.46. The molecule has 1 N–H and O–H groups in total. The van der Waals surface area contributed by atoms with Gasteiger partial charge < -0.3 is 15.0 Å². The highest BCUT2D eigenvalue weighted by atomic mass is 16.6. The molecule has 0 aromatic carbocycles. The Kier molecular flexibility index (Phi) is 7.17. The highest BCUT2D eigenvalue weighted by molar-refractivity contribution is 5.67. The molecule has 1 saturated carbocycles. The fourth-order valence-electron chi connectivity index (χ4n) is 3.37. The average molecular weight is 312 g/mol. The third-order valence-corrected chi connectivity index (χ3v) is 4.54. The molecule has 0 radical (unpaired) electrons. The van der Waals surface area contributed by atoms with E-state index in [9.17, 15) is 4.79 Å². The van der Waals surface area contributed by atoms with E-state index in [4.69, 9.17) is 4.74 Å². The minimum atomic E-state index is -0.431. The molecular weight excluding hydrogens is 276 g/mol. The zero-order chi connectivity index (χ0) is 16.9. The molecule has 1 aliphatic rings. The summed E-state index contributed by atoms with van der Waals surface area (Å²) < 4.78 is 5.40. The van der Waals surface area contributed by atoms with Gasteiger partial charge in [-0.1, -0.05) is 27.2 Å². The van der Waals surface area contributed by atoms with E-state index in [0.29, 0.717) is 12.0 Å². The van der Waals surface area contributed by atoms with Crippen LogP contribution in [0.3, 0.4) is 0 Å². The van der Waals surface area contributed by atoms with Crippen molar-refractivity contribution in [2.24, 2.45) is 17.8 Å². The van der Waals surface area contributed by atoms with Gasteiger partial charge in [-0.3, -0.25) is 0 Å². The molecule has 3 unspecified atom stereocenters. The quantitative estimate of drug-likeness (QED) is 0.837. The predicted molar refractivity (Wildman–Crippen MR) is 92.0 cm³/mol. The summed E-state index contributed by atoms with van der Waals surface area (Å²) in [5.41, 5.74) is -0.431. The van der Waals surface area contributed by atoms with E-state index in [0.717, 1.165) is 24.9 Å². The van der Waals surface area contributed by atoms with Crippen LogP contribution in [0.15, 0.2) is 0 Å². The molecule has 130 valence electrons. The molecule has 0 bridgehead atoms. The number of carbonyl (C=O) groups excluding carboxylic acids is 1. The Labute approximate surface area is 137 Å². The fraction of sp³-hybridized carbons (Fsp3) is 0.944. The van der Waals surface area contributed by atoms with Crippen molar-refractivity contribution >= 4 is 6.09 Å². The monoisotopic (exact) mass is 312 g/mol. The smallest absolute Gasteiger partial charge is 0.410 e. The number of amides is 1. The number of nitrogens with one attached hydrogen (secondary N) is 1. The molecule has 0 heterocycles. The SMILES string of the molecule is CC(CNC1C(C)CCCC1C)CN(C)C(=O)OC(C)(C)C. The van der Waals surface area contributed by atoms with E-state index in [2.05, 4.69) is 26.1 Å². The Balaban J connectivity index is 2.36. The first-order valence-corrected chi connectivity index (χ1v) is 8.77. The summed E-state index contributed by atoms with van der Waals surface area (Å²) in [6.45, 7) is 14.3. The van der Waals surface area contributed by atoms with E-state index < -0.39 is 5.60 Å². The molecule has 22 heavy (non-hydrogen) atoms. The summed E-state index contributed by atoms with van der Waals surface area (Å²) >= 11 is 0. The number of ether oxygens (including phenoxy) is 1. The Morgan fingerprint density at radius 1 is 1.27 bits per heavy atom. The molecule has 4 nitrogen and oxygen atoms in total. The van der Waals surface area contributed by atoms with Crippen LogP contribution < -0.4 is 5.32 Å². The van der Waals surface area contributed by atoms with Crippen molar-refractivity contribution in [1.29, 1.82) is 0 Å². The van der Waals surface area contributed by atoms with E-state index in [1.807, 2.05) is 27.8 Å². The van der Waals surface area contributed by atoms with Crippen molar-refractivity contribution in [2.75, 3.05) is 20.1 Å². The molecular formula is C18H36N2O2. The summed E-state index contributed by atoms with van der Waals surface area (Å²) in [5, 5.41) is 3.73. The summed E-state index contributed by atoms with van der Waals surface area (Å²) in [5.74, 6) is 1.91. The van der Waals surface area contributed by atoms with Crippen LogP contribution in [0.2, 0.25) is 0 Å². The number of hydrogen-bond donors (Lipinski definition) is 1. The van der Waals surface area contributed by atoms with Crippen LogP contribution in [-0.2, 0) is 4.74 Å². The lowest BCUT2D eigenvalue weighted by molar-refractivity contribution is 0.0275. The van der Waals surface area contributed by atoms with E-state index in [-0.39, 0.29) is 6.09 Å². The maximum absolute atomic E-state index is 12.0. The van der Waals surface area contributed by atoms with Crippen molar-refractivity contribution in [3.05, 3.63) is 0 Å². The second-order valence-corrected chi connectivity index (χ2v) is 8.29. The minimum Gasteiger partial charge on any atom is -0.444 e. The Bertz CT molecular complexity index is 341. The normalized spacial score (nSPS) is 27.3. The van der Waals surface area contributed by atoms with Crippen molar-refractivity contribution in [2.45, 2.75) is 72.4 Å². The maximum Gasteiger partial charge on any atom is 0.410 e. The Morgan fingerprint density at radius 3 is 2.32 bits per heavy atom. The molecule has 1 aliphatic carbocycles. The molecule has 0 aromatic rings. The van der Waals surface area contributed by atoms with Crippen LogP contribution in [0.1, 0.15) is 60.8 Å². The lowest BCUT2D eigenvalue weighted by atomic mass is 9.78. The van der Waals surface area contributed by atoms with Gasteiger partial charge in [0.25, 0.3) is 0 Å². The number of carbonyl (C=O) groups is 1. The van der Waals surface area contributed by atoms with Crippen molar-refractivity contribution < 1.29 is 9.53 Å². The van der Waals surface area contributed by atoms with Gasteiger partial charge in [0, 0.05) is 19.6 Å². The molecule has 1 fully saturated rings. The zero-order valence-electron chi connectivity index (χ0n) is 15.6. The average Bonchev–Trinajstić information content (AvgIpc) is 2.36. The molecule has 0 spiro atoms. The first-order chi connectivity index (χ1) is 10.1. The lowest BCUT2D eigenvalue weighted by Gasteiger charge is -2.36. The van der Waals surface area contributed by atoms with Crippen LogP contribution in [-0.4, -0.2) is 42.8 Å². The highest BCUT2D eigenvalue weighted by Crippen LogP contribution is 2.28. The zero-order valence-corrected chi connectivity index (χ0v) is 15.6. The first kappa shape index (κ1) is 19.3. The van der Waals surface area contributed by atoms with Crippen LogP contribution in [0, 0.1) is 17.8 Å². The fourth-order valence-corrected chi connectivity index (χ4v) is 3.37. The minimum absolute atomic E-state index is 0.237. The van der Waals surface area contributed by atoms with Gasteiger partial charge in [0.2, 0.25) is 0 Å². The molecule has 3 atom stereocenters. The van der Waals surface area contributed by atoms with E-state index >= 15 is 0 Å². The van der Waals surface area contributed by atoms with Gasteiger partial charge in [0.1, 0.15) is 5.60 Å². The second kappa shape index (κ2) is 8.19. The van der Waals surface area contributed by atoms with Gasteiger partial charge in [-0.15, -0.1) is 0 Å². The summed E-state index contributed by atoms with van der Waals surface area (Å²) in [4.78, 5) is 13.7. The number of nitrogens with zero attached hydrogens (tertiary/aromatic N) is 1. The van der Waals surface area contributed by atoms with Crippen LogP contribution in [0.4, 0.5) is 4.79 Å². The van der Waals surface area contributed by atoms with Crippen molar-refractivity contribution in [3.63, 3.8) is 0 Å². The molecule has 1 amide bonds. The Hall–Kier alpha value is -0.770. The summed E-state index contributed by atoms with van der Waals surface area (Å²) in [6, 6.07) is 0.614. The second-order valence-electron chi connectivity index (χ2n) is 8.29. The highest BCUT2D eigenvalue weighted by Gasteiger charge is 2.27. The third-order valence-electron chi connectivity index (χ3n) is 4.54. The van der Waals surface area contributed by atoms with Crippen molar-refractivity contribution in [3.8, 4) is 0 Å². The van der Waals surface area contributed by atoms with Gasteiger partial charge in [0.05, 0.1) is 0 Å². The van der Waals surface area contributed by atoms with Gasteiger partial charge in [-0.05, 0) is 57.9 Å². The van der Waals surface area contributed by atoms with Gasteiger partial charge >= 0.3 is 6.09 Å². The number of hydrogen-bond acceptors (Lipinski definition) is 3. The molecule has 4 heteroatoms. The van der Waals surface area contributed by atoms with E-state index in [1.54, 1.807) is 4.90 Å².